The largest absolute Gasteiger partial charge is 0.493 e. The van der Waals surface area contributed by atoms with Crippen LogP contribution in [0.4, 0.5) is 11.4 Å². The lowest BCUT2D eigenvalue weighted by atomic mass is 10.1. The quantitative estimate of drug-likeness (QED) is 0.451. The van der Waals surface area contributed by atoms with E-state index in [1.54, 1.807) is 12.1 Å². The number of methoxy groups -OCH3 is 3. The third-order valence-electron chi connectivity index (χ3n) is 5.19. The zero-order chi connectivity index (χ0) is 22.7. The summed E-state index contributed by atoms with van der Waals surface area (Å²) in [4.78, 5) is 24.9. The molecule has 0 aliphatic carbocycles. The molecule has 1 fully saturated rings. The first-order chi connectivity index (χ1) is 15.5. The first-order valence-electron chi connectivity index (χ1n) is 9.92. The number of nitrogens with zero attached hydrogens (tertiary/aromatic N) is 3. The molecule has 2 aliphatic heterocycles. The van der Waals surface area contributed by atoms with Gasteiger partial charge >= 0.3 is 0 Å². The highest BCUT2D eigenvalue weighted by molar-refractivity contribution is 6.06. The molecule has 2 aliphatic rings. The van der Waals surface area contributed by atoms with E-state index in [9.17, 15) is 4.79 Å². The lowest BCUT2D eigenvalue weighted by molar-refractivity contribution is -0.734. The summed E-state index contributed by atoms with van der Waals surface area (Å²) in [6.07, 6.45) is 3.87. The number of nitrogens with one attached hydrogen (secondary N) is 2. The minimum Gasteiger partial charge on any atom is -0.493 e. The predicted octanol–water partition coefficient (Wildman–Crippen LogP) is 0.634. The number of rotatable bonds is 6. The van der Waals surface area contributed by atoms with E-state index in [1.807, 2.05) is 36.7 Å². The molecule has 0 aromatic heterocycles. The van der Waals surface area contributed by atoms with Gasteiger partial charge in [-0.15, -0.1) is 0 Å². The maximum absolute atomic E-state index is 12.7. The highest BCUT2D eigenvalue weighted by atomic mass is 16.5. The number of nitrogens with two attached hydrogens (primary N) is 1. The number of guanidine groups is 1. The number of fused-ring (bicyclic) bond motifs is 1. The van der Waals surface area contributed by atoms with Gasteiger partial charge in [0.2, 0.25) is 17.5 Å². The van der Waals surface area contributed by atoms with Gasteiger partial charge in [-0.05, 0) is 30.3 Å². The Balaban J connectivity index is 1.49. The van der Waals surface area contributed by atoms with Crippen LogP contribution in [0.1, 0.15) is 10.4 Å². The monoisotopic (exact) mass is 437 g/mol. The number of hydrogen-bond acceptors (Lipinski definition) is 7. The minimum absolute atomic E-state index is 0.0270. The number of anilines is 1. The van der Waals surface area contributed by atoms with E-state index in [2.05, 4.69) is 20.2 Å². The number of carbonyl (C=O) groups excluding carboxylic acids is 1. The number of ether oxygens (including phenoxy) is 3. The van der Waals surface area contributed by atoms with Crippen molar-refractivity contribution in [1.29, 1.82) is 0 Å². The van der Waals surface area contributed by atoms with Crippen LogP contribution >= 0.6 is 0 Å². The average molecular weight is 437 g/mol. The number of carbonyl (C=O) groups is 1. The van der Waals surface area contributed by atoms with Crippen molar-refractivity contribution in [1.82, 2.24) is 5.32 Å². The SMILES string of the molecule is COc1cc(C(=O)NC(N)=Nc2cccc(N3CC4=NC=C[NH+]4C3)c2)cc(OC)c1OC. The van der Waals surface area contributed by atoms with Gasteiger partial charge in [0.1, 0.15) is 12.7 Å². The average Bonchev–Trinajstić information content (AvgIpc) is 3.40. The van der Waals surface area contributed by atoms with Crippen LogP contribution in [-0.4, -0.2) is 52.2 Å². The zero-order valence-electron chi connectivity index (χ0n) is 18.1. The molecule has 1 saturated heterocycles. The van der Waals surface area contributed by atoms with E-state index < -0.39 is 5.91 Å². The van der Waals surface area contributed by atoms with Gasteiger partial charge in [-0.3, -0.25) is 10.1 Å². The number of amidine groups is 1. The molecule has 0 bridgehead atoms. The van der Waals surface area contributed by atoms with Crippen molar-refractivity contribution in [2.75, 3.05) is 39.4 Å². The van der Waals surface area contributed by atoms with Crippen molar-refractivity contribution in [3.63, 3.8) is 0 Å². The maximum Gasteiger partial charge on any atom is 0.258 e. The van der Waals surface area contributed by atoms with Gasteiger partial charge in [-0.25, -0.2) is 14.9 Å². The van der Waals surface area contributed by atoms with E-state index in [0.29, 0.717) is 28.5 Å². The number of amides is 1. The Labute approximate surface area is 185 Å². The van der Waals surface area contributed by atoms with Gasteiger partial charge < -0.3 is 24.8 Å². The van der Waals surface area contributed by atoms with Crippen LogP contribution in [0.2, 0.25) is 0 Å². The topological polar surface area (TPSA) is 115 Å². The summed E-state index contributed by atoms with van der Waals surface area (Å²) >= 11 is 0. The first kappa shape index (κ1) is 21.2. The fraction of sp³-hybridized carbons (Fsp3) is 0.227. The normalized spacial score (nSPS) is 17.1. The van der Waals surface area contributed by atoms with Crippen LogP contribution < -0.4 is 35.1 Å². The summed E-state index contributed by atoms with van der Waals surface area (Å²) in [6.45, 7) is 1.55. The number of quaternary nitrogens is 1. The summed E-state index contributed by atoms with van der Waals surface area (Å²) in [5.74, 6) is 1.75. The highest BCUT2D eigenvalue weighted by Gasteiger charge is 2.31. The maximum atomic E-state index is 12.7. The second-order valence-electron chi connectivity index (χ2n) is 7.16. The zero-order valence-corrected chi connectivity index (χ0v) is 18.1. The van der Waals surface area contributed by atoms with E-state index in [-0.39, 0.29) is 5.96 Å². The standard InChI is InChI=1S/C22H24N6O4/c1-30-17-9-14(10-18(31-2)20(17)32-3)21(29)26-22(23)25-15-5-4-6-16(11-15)28-12-19-24-7-8-27(19)13-28/h4-11H,12-13H2,1-3H3,(H3,23,25,26,29)/p+1. The van der Waals surface area contributed by atoms with Crippen LogP contribution in [0, 0.1) is 0 Å². The Bertz CT molecular complexity index is 1100. The molecule has 1 unspecified atom stereocenters. The molecule has 1 amide bonds. The molecule has 0 radical (unpaired) electrons. The Kier molecular flexibility index (Phi) is 5.95. The molecule has 10 nitrogen and oxygen atoms in total. The summed E-state index contributed by atoms with van der Waals surface area (Å²) in [7, 11) is 4.46. The van der Waals surface area contributed by atoms with Crippen molar-refractivity contribution >= 4 is 29.1 Å². The second kappa shape index (κ2) is 8.98. The Morgan fingerprint density at radius 1 is 1.16 bits per heavy atom. The fourth-order valence-corrected chi connectivity index (χ4v) is 3.63. The summed E-state index contributed by atoms with van der Waals surface area (Å²) < 4.78 is 15.9. The molecule has 2 aromatic rings. The van der Waals surface area contributed by atoms with Gasteiger partial charge in [0.15, 0.2) is 18.2 Å². The van der Waals surface area contributed by atoms with Crippen molar-refractivity contribution < 1.29 is 23.9 Å². The fourth-order valence-electron chi connectivity index (χ4n) is 3.63. The van der Waals surface area contributed by atoms with E-state index in [4.69, 9.17) is 19.9 Å². The third kappa shape index (κ3) is 4.21. The van der Waals surface area contributed by atoms with Crippen LogP contribution in [-0.2, 0) is 0 Å². The predicted molar refractivity (Wildman–Crippen MR) is 121 cm³/mol. The smallest absolute Gasteiger partial charge is 0.258 e. The molecular weight excluding hydrogens is 412 g/mol. The van der Waals surface area contributed by atoms with Gasteiger partial charge in [0, 0.05) is 11.3 Å². The minimum atomic E-state index is -0.449. The Hall–Kier alpha value is -4.05. The molecule has 0 saturated carbocycles. The van der Waals surface area contributed by atoms with Crippen molar-refractivity contribution in [2.45, 2.75) is 0 Å². The molecule has 4 rings (SSSR count). The lowest BCUT2D eigenvalue weighted by Crippen LogP contribution is -3.07. The second-order valence-corrected chi connectivity index (χ2v) is 7.16. The summed E-state index contributed by atoms with van der Waals surface area (Å²) in [6, 6.07) is 10.7. The molecule has 0 spiro atoms. The van der Waals surface area contributed by atoms with Gasteiger partial charge in [-0.1, -0.05) is 6.07 Å². The van der Waals surface area contributed by atoms with Gasteiger partial charge in [0.05, 0.1) is 33.2 Å². The van der Waals surface area contributed by atoms with Crippen molar-refractivity contribution in [3.05, 3.63) is 54.4 Å². The molecule has 2 heterocycles. The van der Waals surface area contributed by atoms with Gasteiger partial charge in [-0.2, -0.15) is 0 Å². The first-order valence-corrected chi connectivity index (χ1v) is 9.92. The lowest BCUT2D eigenvalue weighted by Gasteiger charge is -2.15. The molecular formula is C22H25N6O4+. The van der Waals surface area contributed by atoms with Crippen LogP contribution in [0.25, 0.3) is 0 Å². The van der Waals surface area contributed by atoms with E-state index >= 15 is 0 Å². The highest BCUT2D eigenvalue weighted by Crippen LogP contribution is 2.38. The number of hydrogen-bond donors (Lipinski definition) is 3. The Morgan fingerprint density at radius 3 is 2.56 bits per heavy atom. The number of benzene rings is 2. The van der Waals surface area contributed by atoms with E-state index in [0.717, 1.165) is 24.7 Å². The molecule has 166 valence electrons. The van der Waals surface area contributed by atoms with E-state index in [1.165, 1.54) is 26.2 Å². The molecule has 32 heavy (non-hydrogen) atoms. The van der Waals surface area contributed by atoms with Gasteiger partial charge in [0.25, 0.3) is 5.91 Å². The van der Waals surface area contributed by atoms with Crippen LogP contribution in [0.15, 0.2) is 58.8 Å². The summed E-state index contributed by atoms with van der Waals surface area (Å²) in [5.41, 5.74) is 7.93. The summed E-state index contributed by atoms with van der Waals surface area (Å²) in [5, 5.41) is 2.60. The van der Waals surface area contributed by atoms with Crippen LogP contribution in [0.5, 0.6) is 17.2 Å². The molecule has 1 atom stereocenters. The van der Waals surface area contributed by atoms with Crippen LogP contribution in [0.3, 0.4) is 0 Å². The Morgan fingerprint density at radius 2 is 1.91 bits per heavy atom. The van der Waals surface area contributed by atoms with Crippen molar-refractivity contribution in [3.8, 4) is 17.2 Å². The number of aliphatic imine (C=N–C) groups is 2. The van der Waals surface area contributed by atoms with Crippen molar-refractivity contribution in [2.24, 2.45) is 15.7 Å². The third-order valence-corrected chi connectivity index (χ3v) is 5.19. The molecule has 4 N–H and O–H groups in total. The molecule has 10 heteroatoms. The molecule has 2 aromatic carbocycles.